The molecule has 0 spiro atoms. The molecular formula is C15H19ClN2O2. The molecule has 108 valence electrons. The second-order valence-electron chi connectivity index (χ2n) is 4.04. The van der Waals surface area contributed by atoms with Gasteiger partial charge in [-0.25, -0.2) is 0 Å². The first-order chi connectivity index (χ1) is 9.67. The molecule has 1 amide bonds. The molecule has 3 N–H and O–H groups in total. The van der Waals surface area contributed by atoms with Gasteiger partial charge >= 0.3 is 0 Å². The van der Waals surface area contributed by atoms with Crippen LogP contribution in [0.1, 0.15) is 25.3 Å². The van der Waals surface area contributed by atoms with Crippen molar-refractivity contribution in [2.45, 2.75) is 19.8 Å². The van der Waals surface area contributed by atoms with Crippen LogP contribution < -0.4 is 11.1 Å². The van der Waals surface area contributed by atoms with E-state index in [1.165, 1.54) is 0 Å². The molecule has 0 heterocycles. The maximum absolute atomic E-state index is 11.8. The van der Waals surface area contributed by atoms with Crippen molar-refractivity contribution in [3.05, 3.63) is 28.8 Å². The van der Waals surface area contributed by atoms with Crippen molar-refractivity contribution in [2.24, 2.45) is 5.73 Å². The predicted octanol–water partition coefficient (Wildman–Crippen LogP) is 2.41. The molecule has 0 aliphatic carbocycles. The summed E-state index contributed by atoms with van der Waals surface area (Å²) in [6.45, 7) is 3.44. The molecule has 0 unspecified atom stereocenters. The molecule has 0 aromatic heterocycles. The average Bonchev–Trinajstić information content (AvgIpc) is 2.44. The molecule has 0 aliphatic rings. The lowest BCUT2D eigenvalue weighted by molar-refractivity contribution is -0.116. The smallest absolute Gasteiger partial charge is 0.224 e. The van der Waals surface area contributed by atoms with Crippen LogP contribution in [0.4, 0.5) is 5.69 Å². The number of halogens is 1. The topological polar surface area (TPSA) is 64.3 Å². The number of hydrogen-bond acceptors (Lipinski definition) is 3. The van der Waals surface area contributed by atoms with Gasteiger partial charge in [0.15, 0.2) is 0 Å². The monoisotopic (exact) mass is 294 g/mol. The molecule has 1 aromatic rings. The van der Waals surface area contributed by atoms with Crippen LogP contribution in [0.15, 0.2) is 18.2 Å². The highest BCUT2D eigenvalue weighted by Gasteiger charge is 2.06. The Kier molecular flexibility index (Phi) is 7.74. The summed E-state index contributed by atoms with van der Waals surface area (Å²) in [6, 6.07) is 5.16. The van der Waals surface area contributed by atoms with Gasteiger partial charge < -0.3 is 15.8 Å². The van der Waals surface area contributed by atoms with Crippen molar-refractivity contribution in [3.63, 3.8) is 0 Å². The van der Waals surface area contributed by atoms with Gasteiger partial charge in [0, 0.05) is 30.2 Å². The number of ether oxygens (including phenoxy) is 1. The molecule has 0 radical (unpaired) electrons. The second kappa shape index (κ2) is 9.38. The fourth-order valence-corrected chi connectivity index (χ4v) is 1.74. The SMILES string of the molecule is CCOCCCC(=O)Nc1ccc(Cl)cc1C#CCN. The summed E-state index contributed by atoms with van der Waals surface area (Å²) < 4.78 is 5.19. The minimum atomic E-state index is -0.0668. The Morgan fingerprint density at radius 1 is 1.50 bits per heavy atom. The molecule has 1 aromatic carbocycles. The molecule has 0 bridgehead atoms. The Morgan fingerprint density at radius 3 is 3.00 bits per heavy atom. The van der Waals surface area contributed by atoms with Gasteiger partial charge in [0.25, 0.3) is 0 Å². The average molecular weight is 295 g/mol. The number of anilines is 1. The number of benzene rings is 1. The number of rotatable bonds is 6. The summed E-state index contributed by atoms with van der Waals surface area (Å²) in [5, 5.41) is 3.40. The van der Waals surface area contributed by atoms with E-state index in [1.54, 1.807) is 18.2 Å². The molecule has 0 atom stereocenters. The van der Waals surface area contributed by atoms with Crippen molar-refractivity contribution in [1.82, 2.24) is 0 Å². The van der Waals surface area contributed by atoms with E-state index in [4.69, 9.17) is 22.1 Å². The summed E-state index contributed by atoms with van der Waals surface area (Å²) in [7, 11) is 0. The third kappa shape index (κ3) is 6.07. The number of hydrogen-bond donors (Lipinski definition) is 2. The van der Waals surface area contributed by atoms with Gasteiger partial charge in [-0.2, -0.15) is 0 Å². The summed E-state index contributed by atoms with van der Waals surface area (Å²) in [5.74, 6) is 5.58. The summed E-state index contributed by atoms with van der Waals surface area (Å²) in [6.07, 6.45) is 1.10. The molecular weight excluding hydrogens is 276 g/mol. The standard InChI is InChI=1S/C15H19ClN2O2/c1-2-20-10-4-6-15(19)18-14-8-7-13(16)11-12(14)5-3-9-17/h7-8,11H,2,4,6,9-10,17H2,1H3,(H,18,19). The Balaban J connectivity index is 2.64. The van der Waals surface area contributed by atoms with Crippen LogP contribution >= 0.6 is 11.6 Å². The van der Waals surface area contributed by atoms with Crippen LogP contribution in [-0.2, 0) is 9.53 Å². The van der Waals surface area contributed by atoms with Crippen LogP contribution in [0.25, 0.3) is 0 Å². The molecule has 4 nitrogen and oxygen atoms in total. The summed E-state index contributed by atoms with van der Waals surface area (Å²) in [4.78, 5) is 11.8. The fourth-order valence-electron chi connectivity index (χ4n) is 1.57. The van der Waals surface area contributed by atoms with E-state index in [2.05, 4.69) is 17.2 Å². The number of carbonyl (C=O) groups excluding carboxylic acids is 1. The van der Waals surface area contributed by atoms with Crippen LogP contribution in [0.3, 0.4) is 0 Å². The lowest BCUT2D eigenvalue weighted by atomic mass is 10.1. The molecule has 1 rings (SSSR count). The van der Waals surface area contributed by atoms with Crippen LogP contribution in [0.2, 0.25) is 5.02 Å². The zero-order chi connectivity index (χ0) is 14.8. The van der Waals surface area contributed by atoms with Crippen molar-refractivity contribution >= 4 is 23.2 Å². The van der Waals surface area contributed by atoms with E-state index < -0.39 is 0 Å². The van der Waals surface area contributed by atoms with Gasteiger partial charge in [-0.1, -0.05) is 23.4 Å². The maximum Gasteiger partial charge on any atom is 0.224 e. The zero-order valence-electron chi connectivity index (χ0n) is 11.5. The quantitative estimate of drug-likeness (QED) is 0.625. The van der Waals surface area contributed by atoms with Crippen molar-refractivity contribution in [3.8, 4) is 11.8 Å². The van der Waals surface area contributed by atoms with Crippen molar-refractivity contribution < 1.29 is 9.53 Å². The Labute approximate surface area is 124 Å². The van der Waals surface area contributed by atoms with E-state index >= 15 is 0 Å². The Bertz CT molecular complexity index is 506. The van der Waals surface area contributed by atoms with Gasteiger partial charge in [0.1, 0.15) is 0 Å². The van der Waals surface area contributed by atoms with E-state index in [9.17, 15) is 4.79 Å². The van der Waals surface area contributed by atoms with Gasteiger partial charge in [-0.15, -0.1) is 0 Å². The second-order valence-corrected chi connectivity index (χ2v) is 4.48. The van der Waals surface area contributed by atoms with Gasteiger partial charge in [-0.3, -0.25) is 4.79 Å². The lowest BCUT2D eigenvalue weighted by Gasteiger charge is -2.08. The summed E-state index contributed by atoms with van der Waals surface area (Å²) >= 11 is 5.92. The highest BCUT2D eigenvalue weighted by molar-refractivity contribution is 6.30. The minimum Gasteiger partial charge on any atom is -0.382 e. The first-order valence-corrected chi connectivity index (χ1v) is 6.91. The van der Waals surface area contributed by atoms with Crippen molar-refractivity contribution in [2.75, 3.05) is 25.1 Å². The maximum atomic E-state index is 11.8. The van der Waals surface area contributed by atoms with E-state index in [0.29, 0.717) is 42.3 Å². The molecule has 0 aliphatic heterocycles. The highest BCUT2D eigenvalue weighted by Crippen LogP contribution is 2.20. The zero-order valence-corrected chi connectivity index (χ0v) is 12.3. The van der Waals surface area contributed by atoms with Gasteiger partial charge in [0.05, 0.1) is 12.2 Å². The normalized spacial score (nSPS) is 9.75. The summed E-state index contributed by atoms with van der Waals surface area (Å²) in [5.41, 5.74) is 6.67. The van der Waals surface area contributed by atoms with Crippen LogP contribution in [0.5, 0.6) is 0 Å². The number of amides is 1. The van der Waals surface area contributed by atoms with Crippen LogP contribution in [0, 0.1) is 11.8 Å². The Morgan fingerprint density at radius 2 is 2.30 bits per heavy atom. The first kappa shape index (κ1) is 16.5. The molecule has 0 saturated heterocycles. The Hall–Kier alpha value is -1.54. The van der Waals surface area contributed by atoms with Crippen molar-refractivity contribution in [1.29, 1.82) is 0 Å². The van der Waals surface area contributed by atoms with Crippen LogP contribution in [-0.4, -0.2) is 25.7 Å². The molecule has 0 saturated carbocycles. The van der Waals surface area contributed by atoms with Gasteiger partial charge in [0.2, 0.25) is 5.91 Å². The largest absolute Gasteiger partial charge is 0.382 e. The molecule has 5 heteroatoms. The fraction of sp³-hybridized carbons (Fsp3) is 0.400. The number of nitrogens with two attached hydrogens (primary N) is 1. The molecule has 0 fully saturated rings. The third-order valence-corrected chi connectivity index (χ3v) is 2.71. The number of nitrogens with one attached hydrogen (secondary N) is 1. The lowest BCUT2D eigenvalue weighted by Crippen LogP contribution is -2.13. The predicted molar refractivity (Wildman–Crippen MR) is 81.7 cm³/mol. The first-order valence-electron chi connectivity index (χ1n) is 6.53. The van der Waals surface area contributed by atoms with E-state index in [-0.39, 0.29) is 12.5 Å². The van der Waals surface area contributed by atoms with Gasteiger partial charge in [-0.05, 0) is 31.5 Å². The number of carbonyl (C=O) groups is 1. The third-order valence-electron chi connectivity index (χ3n) is 2.48. The minimum absolute atomic E-state index is 0.0668. The van der Waals surface area contributed by atoms with E-state index in [1.807, 2.05) is 6.92 Å². The van der Waals surface area contributed by atoms with E-state index in [0.717, 1.165) is 0 Å². The molecule has 20 heavy (non-hydrogen) atoms. The highest BCUT2D eigenvalue weighted by atomic mass is 35.5.